The van der Waals surface area contributed by atoms with Crippen LogP contribution in [0.4, 0.5) is 5.69 Å². The van der Waals surface area contributed by atoms with Crippen molar-refractivity contribution in [3.63, 3.8) is 0 Å². The van der Waals surface area contributed by atoms with E-state index in [2.05, 4.69) is 10.6 Å². The number of aliphatic hydroxyl groups excluding tert-OH is 1. The van der Waals surface area contributed by atoms with E-state index in [0.29, 0.717) is 17.1 Å². The monoisotopic (exact) mass is 451 g/mol. The van der Waals surface area contributed by atoms with E-state index < -0.39 is 33.4 Å². The van der Waals surface area contributed by atoms with Gasteiger partial charge in [-0.25, -0.2) is 0 Å². The number of hydrogen-bond donors (Lipinski definition) is 3. The third-order valence-corrected chi connectivity index (χ3v) is 9.08. The number of likely N-dealkylation sites (tertiary alicyclic amines) is 1. The lowest BCUT2D eigenvalue weighted by atomic mass is 9.66. The van der Waals surface area contributed by atoms with E-state index in [9.17, 15) is 19.5 Å². The number of nitrogens with zero attached hydrogens (tertiary/aromatic N) is 1. The summed E-state index contributed by atoms with van der Waals surface area (Å²) in [4.78, 5) is 41.4. The van der Waals surface area contributed by atoms with Gasteiger partial charge in [0.05, 0.1) is 29.2 Å². The lowest BCUT2D eigenvalue weighted by Crippen LogP contribution is -2.54. The fourth-order valence-corrected chi connectivity index (χ4v) is 7.99. The second-order valence-electron chi connectivity index (χ2n) is 8.62. The van der Waals surface area contributed by atoms with Crippen LogP contribution in [0.1, 0.15) is 26.7 Å². The number of aliphatic hydroxyl groups is 1. The smallest absolute Gasteiger partial charge is 0.248 e. The summed E-state index contributed by atoms with van der Waals surface area (Å²) in [5, 5.41) is 16.0. The second kappa shape index (κ2) is 7.43. The van der Waals surface area contributed by atoms with Crippen molar-refractivity contribution in [1.82, 2.24) is 10.2 Å². The zero-order chi connectivity index (χ0) is 21.8. The van der Waals surface area contributed by atoms with E-state index in [0.717, 1.165) is 6.42 Å². The number of anilines is 1. The molecule has 0 aliphatic carbocycles. The molecular formula is C21H26ClN3O4S. The number of halogens is 1. The summed E-state index contributed by atoms with van der Waals surface area (Å²) in [7, 11) is 1.58. The zero-order valence-electron chi connectivity index (χ0n) is 17.1. The first-order valence-corrected chi connectivity index (χ1v) is 11.3. The fourth-order valence-electron chi connectivity index (χ4n) is 5.53. The summed E-state index contributed by atoms with van der Waals surface area (Å²) in [5.74, 6) is -1.79. The second-order valence-corrected chi connectivity index (χ2v) is 10.9. The Balaban J connectivity index is 1.75. The van der Waals surface area contributed by atoms with E-state index in [-0.39, 0.29) is 24.3 Å². The highest BCUT2D eigenvalue weighted by molar-refractivity contribution is 8.02. The Kier molecular flexibility index (Phi) is 5.31. The van der Waals surface area contributed by atoms with Gasteiger partial charge in [-0.15, -0.1) is 11.8 Å². The van der Waals surface area contributed by atoms with Gasteiger partial charge < -0.3 is 20.6 Å². The van der Waals surface area contributed by atoms with Crippen molar-refractivity contribution in [2.75, 3.05) is 19.0 Å². The highest BCUT2D eigenvalue weighted by Crippen LogP contribution is 2.71. The molecule has 7 nitrogen and oxygen atoms in total. The molecule has 1 spiro atoms. The molecule has 3 N–H and O–H groups in total. The predicted molar refractivity (Wildman–Crippen MR) is 116 cm³/mol. The molecule has 6 atom stereocenters. The number of amides is 3. The van der Waals surface area contributed by atoms with E-state index in [1.54, 1.807) is 50.0 Å². The van der Waals surface area contributed by atoms with Gasteiger partial charge in [0.15, 0.2) is 0 Å². The minimum Gasteiger partial charge on any atom is -0.394 e. The first kappa shape index (κ1) is 21.5. The van der Waals surface area contributed by atoms with Crippen molar-refractivity contribution in [1.29, 1.82) is 0 Å². The summed E-state index contributed by atoms with van der Waals surface area (Å²) in [6, 6.07) is 5.49. The van der Waals surface area contributed by atoms with Crippen molar-refractivity contribution in [3.05, 3.63) is 29.3 Å². The quantitative estimate of drug-likeness (QED) is 0.635. The molecule has 3 fully saturated rings. The molecule has 1 aromatic rings. The molecule has 0 saturated carbocycles. The highest BCUT2D eigenvalue weighted by Gasteiger charge is 2.77. The first-order chi connectivity index (χ1) is 14.2. The Morgan fingerprint density at radius 1 is 1.30 bits per heavy atom. The van der Waals surface area contributed by atoms with Crippen LogP contribution in [-0.2, 0) is 14.4 Å². The average molecular weight is 452 g/mol. The maximum Gasteiger partial charge on any atom is 0.248 e. The van der Waals surface area contributed by atoms with Gasteiger partial charge in [0.25, 0.3) is 0 Å². The van der Waals surface area contributed by atoms with Gasteiger partial charge in [-0.2, -0.15) is 0 Å². The number of benzene rings is 1. The molecule has 9 heteroatoms. The lowest BCUT2D eigenvalue weighted by Gasteiger charge is -2.35. The molecule has 3 saturated heterocycles. The van der Waals surface area contributed by atoms with Gasteiger partial charge in [-0.05, 0) is 51.0 Å². The lowest BCUT2D eigenvalue weighted by molar-refractivity contribution is -0.142. The van der Waals surface area contributed by atoms with Crippen LogP contribution in [0, 0.1) is 11.8 Å². The average Bonchev–Trinajstić information content (AvgIpc) is 3.29. The largest absolute Gasteiger partial charge is 0.394 e. The molecular weight excluding hydrogens is 426 g/mol. The van der Waals surface area contributed by atoms with Crippen LogP contribution >= 0.6 is 23.4 Å². The van der Waals surface area contributed by atoms with Crippen molar-refractivity contribution >= 4 is 46.8 Å². The third kappa shape index (κ3) is 2.95. The number of hydrogen-bond acceptors (Lipinski definition) is 5. The van der Waals surface area contributed by atoms with Gasteiger partial charge in [0, 0.05) is 22.5 Å². The number of carbonyl (C=O) groups excluding carboxylic acids is 3. The number of rotatable bonds is 5. The van der Waals surface area contributed by atoms with Gasteiger partial charge in [0.1, 0.15) is 6.04 Å². The molecule has 0 radical (unpaired) electrons. The molecule has 162 valence electrons. The van der Waals surface area contributed by atoms with Crippen LogP contribution in [0.3, 0.4) is 0 Å². The SMILES string of the molecule is CNC(=O)[C@H]1[C@H]2C(=O)N([C@H](C)CO)C(C(=O)Nc3ccc(Cl)cc3)C23CC[C@]1(C)S3. The van der Waals surface area contributed by atoms with Crippen LogP contribution in [0.2, 0.25) is 5.02 Å². The van der Waals surface area contributed by atoms with E-state index >= 15 is 0 Å². The van der Waals surface area contributed by atoms with E-state index in [4.69, 9.17) is 11.6 Å². The van der Waals surface area contributed by atoms with Crippen LogP contribution in [0.15, 0.2) is 24.3 Å². The summed E-state index contributed by atoms with van der Waals surface area (Å²) >= 11 is 7.54. The highest BCUT2D eigenvalue weighted by atomic mass is 35.5. The normalized spacial score (nSPS) is 35.3. The first-order valence-electron chi connectivity index (χ1n) is 10.1. The minimum absolute atomic E-state index is 0.166. The number of nitrogens with one attached hydrogen (secondary N) is 2. The van der Waals surface area contributed by atoms with Gasteiger partial charge >= 0.3 is 0 Å². The van der Waals surface area contributed by atoms with Crippen molar-refractivity contribution in [2.24, 2.45) is 11.8 Å². The van der Waals surface area contributed by atoms with Gasteiger partial charge in [-0.3, -0.25) is 14.4 Å². The molecule has 30 heavy (non-hydrogen) atoms. The Labute approximate surface area is 184 Å². The summed E-state index contributed by atoms with van der Waals surface area (Å²) in [5.41, 5.74) is 0.583. The third-order valence-electron chi connectivity index (χ3n) is 6.84. The molecule has 3 heterocycles. The predicted octanol–water partition coefficient (Wildman–Crippen LogP) is 1.89. The van der Waals surface area contributed by atoms with Gasteiger partial charge in [0.2, 0.25) is 17.7 Å². The summed E-state index contributed by atoms with van der Waals surface area (Å²) in [6.07, 6.45) is 1.43. The molecule has 4 rings (SSSR count). The summed E-state index contributed by atoms with van der Waals surface area (Å²) < 4.78 is -1.09. The number of fused-ring (bicyclic) bond motifs is 1. The molecule has 2 bridgehead atoms. The summed E-state index contributed by atoms with van der Waals surface area (Å²) in [6.45, 7) is 3.49. The topological polar surface area (TPSA) is 98.7 Å². The Morgan fingerprint density at radius 2 is 1.97 bits per heavy atom. The minimum atomic E-state index is -0.769. The van der Waals surface area contributed by atoms with Crippen molar-refractivity contribution < 1.29 is 19.5 Å². The number of thioether (sulfide) groups is 1. The van der Waals surface area contributed by atoms with Crippen molar-refractivity contribution in [2.45, 2.75) is 48.3 Å². The Morgan fingerprint density at radius 3 is 2.57 bits per heavy atom. The van der Waals surface area contributed by atoms with Gasteiger partial charge in [-0.1, -0.05) is 11.6 Å². The standard InChI is InChI=1S/C21H26ClN3O4S/c1-11(10-26)25-16(18(28)24-13-6-4-12(22)5-7-13)21-9-8-20(2,30-21)14(17(27)23-3)15(21)19(25)29/h4-7,11,14-16,26H,8-10H2,1-3H3,(H,23,27)(H,24,28)/t11-,14-,15+,16?,20+,21?/m1/s1. The zero-order valence-corrected chi connectivity index (χ0v) is 18.7. The molecule has 3 aliphatic rings. The number of carbonyl (C=O) groups is 3. The van der Waals surface area contributed by atoms with Crippen LogP contribution in [0.25, 0.3) is 0 Å². The van der Waals surface area contributed by atoms with Crippen molar-refractivity contribution in [3.8, 4) is 0 Å². The maximum absolute atomic E-state index is 13.6. The molecule has 0 aromatic heterocycles. The van der Waals surface area contributed by atoms with E-state index in [1.807, 2.05) is 6.92 Å². The molecule has 3 aliphatic heterocycles. The van der Waals surface area contributed by atoms with E-state index in [1.165, 1.54) is 4.90 Å². The van der Waals surface area contributed by atoms with Crippen LogP contribution in [-0.4, -0.2) is 63.0 Å². The fraction of sp³-hybridized carbons (Fsp3) is 0.571. The molecule has 3 amide bonds. The molecule has 2 unspecified atom stereocenters. The Hall–Kier alpha value is -1.77. The van der Waals surface area contributed by atoms with Crippen LogP contribution < -0.4 is 10.6 Å². The van der Waals surface area contributed by atoms with Crippen LogP contribution in [0.5, 0.6) is 0 Å². The maximum atomic E-state index is 13.6. The molecule has 1 aromatic carbocycles. The Bertz CT molecular complexity index is 897.